The first-order valence-electron chi connectivity index (χ1n) is 9.31. The Kier molecular flexibility index (Phi) is 5.97. The Labute approximate surface area is 187 Å². The summed E-state index contributed by atoms with van der Waals surface area (Å²) in [4.78, 5) is 17.1. The van der Waals surface area contributed by atoms with Crippen LogP contribution in [0.25, 0.3) is 16.7 Å². The molecule has 2 heterocycles. The molecule has 2 aromatic heterocycles. The Balaban J connectivity index is 1.69. The molecule has 0 bridgehead atoms. The number of nitrogens with zero attached hydrogens (tertiary/aromatic N) is 3. The molecule has 10 heteroatoms. The number of benzene rings is 2. The number of rotatable bonds is 6. The van der Waals surface area contributed by atoms with Crippen molar-refractivity contribution in [3.63, 3.8) is 0 Å². The molecule has 0 unspecified atom stereocenters. The second-order valence-electron chi connectivity index (χ2n) is 6.67. The fourth-order valence-electron chi connectivity index (χ4n) is 3.11. The van der Waals surface area contributed by atoms with E-state index in [0.717, 1.165) is 5.69 Å². The fraction of sp³-hybridized carbons (Fsp3) is 0.143. The highest BCUT2D eigenvalue weighted by atomic mass is 35.5. The third-order valence-electron chi connectivity index (χ3n) is 4.53. The third kappa shape index (κ3) is 4.42. The lowest BCUT2D eigenvalue weighted by Gasteiger charge is -2.14. The third-order valence-corrected chi connectivity index (χ3v) is 5.71. The minimum Gasteiger partial charge on any atom is -0.497 e. The van der Waals surface area contributed by atoms with E-state index >= 15 is 0 Å². The van der Waals surface area contributed by atoms with Crippen molar-refractivity contribution in [1.82, 2.24) is 19.7 Å². The van der Waals surface area contributed by atoms with E-state index < -0.39 is 0 Å². The van der Waals surface area contributed by atoms with Gasteiger partial charge in [0.15, 0.2) is 10.8 Å². The highest BCUT2D eigenvalue weighted by molar-refractivity contribution is 7.99. The van der Waals surface area contributed by atoms with Gasteiger partial charge in [0.1, 0.15) is 11.2 Å². The van der Waals surface area contributed by atoms with Crippen LogP contribution in [-0.4, -0.2) is 38.5 Å². The number of amides is 1. The molecule has 0 aliphatic carbocycles. The first kappa shape index (κ1) is 21.0. The molecule has 3 N–H and O–H groups in total. The maximum Gasteiger partial charge on any atom is 0.234 e. The van der Waals surface area contributed by atoms with E-state index in [1.54, 1.807) is 35.9 Å². The number of aromatic nitrogens is 4. The van der Waals surface area contributed by atoms with E-state index in [1.165, 1.54) is 11.8 Å². The topological polar surface area (TPSA) is 109 Å². The number of hydrogen-bond acceptors (Lipinski definition) is 6. The Morgan fingerprint density at radius 1 is 1.29 bits per heavy atom. The fourth-order valence-corrected chi connectivity index (χ4v) is 4.11. The number of aromatic amines is 1. The van der Waals surface area contributed by atoms with Gasteiger partial charge in [-0.1, -0.05) is 35.5 Å². The lowest BCUT2D eigenvalue weighted by Crippen LogP contribution is -2.23. The molecule has 4 aromatic rings. The summed E-state index contributed by atoms with van der Waals surface area (Å²) in [5.41, 5.74) is 2.73. The van der Waals surface area contributed by atoms with Gasteiger partial charge in [-0.05, 0) is 37.3 Å². The SMILES string of the molecule is COc1cccc(-n2c(SCC(=O)Nc3cccc(Cl)c3)nc3n[nH]c(C)c3c2=N)c1. The zero-order chi connectivity index (χ0) is 22.0. The monoisotopic (exact) mass is 454 g/mol. The van der Waals surface area contributed by atoms with Crippen molar-refractivity contribution in [2.75, 3.05) is 18.2 Å². The van der Waals surface area contributed by atoms with Gasteiger partial charge in [-0.3, -0.25) is 19.9 Å². The summed E-state index contributed by atoms with van der Waals surface area (Å²) < 4.78 is 7.02. The molecule has 0 aliphatic heterocycles. The van der Waals surface area contributed by atoms with Crippen molar-refractivity contribution in [3.05, 3.63) is 64.7 Å². The van der Waals surface area contributed by atoms with E-state index in [4.69, 9.17) is 21.7 Å². The summed E-state index contributed by atoms with van der Waals surface area (Å²) >= 11 is 7.20. The number of carbonyl (C=O) groups excluding carboxylic acids is 1. The van der Waals surface area contributed by atoms with Crippen LogP contribution >= 0.6 is 23.4 Å². The number of thioether (sulfide) groups is 1. The molecule has 1 amide bonds. The van der Waals surface area contributed by atoms with Crippen LogP contribution in [0.4, 0.5) is 5.69 Å². The van der Waals surface area contributed by atoms with Gasteiger partial charge < -0.3 is 10.1 Å². The highest BCUT2D eigenvalue weighted by Gasteiger charge is 2.16. The van der Waals surface area contributed by atoms with Crippen molar-refractivity contribution in [3.8, 4) is 11.4 Å². The summed E-state index contributed by atoms with van der Waals surface area (Å²) in [5.74, 6) is 0.539. The van der Waals surface area contributed by atoms with Crippen molar-refractivity contribution in [2.24, 2.45) is 0 Å². The molecular weight excluding hydrogens is 436 g/mol. The van der Waals surface area contributed by atoms with Gasteiger partial charge in [-0.2, -0.15) is 5.10 Å². The number of carbonyl (C=O) groups is 1. The van der Waals surface area contributed by atoms with Crippen LogP contribution in [0.15, 0.2) is 53.7 Å². The Hall–Kier alpha value is -3.30. The highest BCUT2D eigenvalue weighted by Crippen LogP contribution is 2.24. The van der Waals surface area contributed by atoms with Gasteiger partial charge in [0, 0.05) is 22.5 Å². The Morgan fingerprint density at radius 2 is 2.10 bits per heavy atom. The first-order valence-corrected chi connectivity index (χ1v) is 10.7. The summed E-state index contributed by atoms with van der Waals surface area (Å²) in [7, 11) is 1.59. The van der Waals surface area contributed by atoms with Crippen LogP contribution in [0.5, 0.6) is 5.75 Å². The van der Waals surface area contributed by atoms with E-state index in [9.17, 15) is 4.79 Å². The number of methoxy groups -OCH3 is 1. The van der Waals surface area contributed by atoms with Crippen LogP contribution in [0, 0.1) is 12.3 Å². The van der Waals surface area contributed by atoms with Gasteiger partial charge in [0.05, 0.1) is 23.9 Å². The largest absolute Gasteiger partial charge is 0.497 e. The number of aryl methyl sites for hydroxylation is 1. The number of fused-ring (bicyclic) bond motifs is 1. The van der Waals surface area contributed by atoms with Crippen LogP contribution in [0.2, 0.25) is 5.02 Å². The molecule has 0 spiro atoms. The van der Waals surface area contributed by atoms with Crippen molar-refractivity contribution < 1.29 is 9.53 Å². The smallest absolute Gasteiger partial charge is 0.234 e. The number of anilines is 1. The lowest BCUT2D eigenvalue weighted by molar-refractivity contribution is -0.113. The summed E-state index contributed by atoms with van der Waals surface area (Å²) in [5, 5.41) is 20.3. The van der Waals surface area contributed by atoms with Gasteiger partial charge >= 0.3 is 0 Å². The first-order chi connectivity index (χ1) is 15.0. The van der Waals surface area contributed by atoms with Crippen LogP contribution in [0.3, 0.4) is 0 Å². The van der Waals surface area contributed by atoms with Crippen molar-refractivity contribution in [1.29, 1.82) is 5.41 Å². The van der Waals surface area contributed by atoms with Crippen LogP contribution < -0.4 is 15.5 Å². The molecule has 4 rings (SSSR count). The molecule has 31 heavy (non-hydrogen) atoms. The van der Waals surface area contributed by atoms with Gasteiger partial charge in [0.2, 0.25) is 5.91 Å². The van der Waals surface area contributed by atoms with Gasteiger partial charge in [-0.15, -0.1) is 0 Å². The van der Waals surface area contributed by atoms with Gasteiger partial charge in [0.25, 0.3) is 0 Å². The van der Waals surface area contributed by atoms with E-state index in [1.807, 2.05) is 31.2 Å². The lowest BCUT2D eigenvalue weighted by atomic mass is 10.2. The second-order valence-corrected chi connectivity index (χ2v) is 8.05. The number of H-pyrrole nitrogens is 1. The summed E-state index contributed by atoms with van der Waals surface area (Å²) in [6.07, 6.45) is 0. The predicted molar refractivity (Wildman–Crippen MR) is 121 cm³/mol. The van der Waals surface area contributed by atoms with Crippen molar-refractivity contribution >= 4 is 46.0 Å². The minimum absolute atomic E-state index is 0.0951. The maximum atomic E-state index is 12.5. The van der Waals surface area contributed by atoms with E-state index in [2.05, 4.69) is 20.5 Å². The average molecular weight is 455 g/mol. The molecule has 0 saturated heterocycles. The van der Waals surface area contributed by atoms with E-state index in [-0.39, 0.29) is 17.1 Å². The standard InChI is InChI=1S/C21H19ClN6O2S/c1-12-18-19(23)28(15-7-4-8-16(10-15)30-2)21(25-20(18)27-26-12)31-11-17(29)24-14-6-3-5-13(22)9-14/h3-10,23H,11H2,1-2H3,(H,24,29)(H,26,27). The summed E-state index contributed by atoms with van der Waals surface area (Å²) in [6, 6.07) is 14.3. The average Bonchev–Trinajstić information content (AvgIpc) is 3.13. The van der Waals surface area contributed by atoms with Crippen LogP contribution in [0.1, 0.15) is 5.69 Å². The normalized spacial score (nSPS) is 10.9. The zero-order valence-corrected chi connectivity index (χ0v) is 18.3. The quantitative estimate of drug-likeness (QED) is 0.302. The maximum absolute atomic E-state index is 12.5. The zero-order valence-electron chi connectivity index (χ0n) is 16.8. The molecule has 0 saturated carbocycles. The van der Waals surface area contributed by atoms with Crippen LogP contribution in [-0.2, 0) is 4.79 Å². The number of hydrogen-bond donors (Lipinski definition) is 3. The Morgan fingerprint density at radius 3 is 2.87 bits per heavy atom. The number of halogens is 1. The van der Waals surface area contributed by atoms with Crippen molar-refractivity contribution in [2.45, 2.75) is 12.1 Å². The molecule has 0 fully saturated rings. The molecule has 2 aromatic carbocycles. The molecule has 0 radical (unpaired) electrons. The minimum atomic E-state index is -0.212. The molecular formula is C21H19ClN6O2S. The van der Waals surface area contributed by atoms with E-state index in [0.29, 0.717) is 38.3 Å². The molecule has 8 nitrogen and oxygen atoms in total. The Bertz CT molecular complexity index is 1330. The van der Waals surface area contributed by atoms with Gasteiger partial charge in [-0.25, -0.2) is 4.98 Å². The number of nitrogens with one attached hydrogen (secondary N) is 3. The molecule has 0 atom stereocenters. The number of ether oxygens (including phenoxy) is 1. The second kappa shape index (κ2) is 8.83. The predicted octanol–water partition coefficient (Wildman–Crippen LogP) is 3.93. The molecule has 158 valence electrons. The summed E-state index contributed by atoms with van der Waals surface area (Å²) in [6.45, 7) is 1.84. The molecule has 0 aliphatic rings.